The summed E-state index contributed by atoms with van der Waals surface area (Å²) in [5, 5.41) is 0. The molecule has 1 aliphatic rings. The molecule has 1 atom stereocenters. The second-order valence-corrected chi connectivity index (χ2v) is 8.38. The third kappa shape index (κ3) is 5.02. The number of benzene rings is 2. The van der Waals surface area contributed by atoms with Gasteiger partial charge in [0.2, 0.25) is 10.0 Å². The third-order valence-electron chi connectivity index (χ3n) is 4.86. The van der Waals surface area contributed by atoms with Crippen LogP contribution in [0.2, 0.25) is 0 Å². The Hall–Kier alpha value is -2.13. The molecule has 7 nitrogen and oxygen atoms in total. The van der Waals surface area contributed by atoms with E-state index >= 15 is 0 Å². The first-order chi connectivity index (χ1) is 13.5. The predicted octanol–water partition coefficient (Wildman–Crippen LogP) is 0.639. The van der Waals surface area contributed by atoms with Gasteiger partial charge in [0.15, 0.2) is 11.5 Å². The molecule has 0 spiro atoms. The van der Waals surface area contributed by atoms with Crippen molar-refractivity contribution in [2.45, 2.75) is 10.9 Å². The molecule has 0 saturated carbocycles. The predicted molar refractivity (Wildman–Crippen MR) is 105 cm³/mol. The number of hydrogen-bond donors (Lipinski definition) is 2. The van der Waals surface area contributed by atoms with E-state index in [1.807, 2.05) is 30.3 Å². The molecule has 1 aliphatic heterocycles. The minimum absolute atomic E-state index is 0.142. The molecular formula is C20H27N2O5S+. The minimum Gasteiger partial charge on any atom is -0.493 e. The van der Waals surface area contributed by atoms with Gasteiger partial charge in [0, 0.05) is 6.07 Å². The summed E-state index contributed by atoms with van der Waals surface area (Å²) in [6, 6.07) is 13.9. The molecule has 28 heavy (non-hydrogen) atoms. The van der Waals surface area contributed by atoms with E-state index in [1.54, 1.807) is 6.07 Å². The maximum Gasteiger partial charge on any atom is 0.241 e. The molecule has 1 fully saturated rings. The van der Waals surface area contributed by atoms with Crippen molar-refractivity contribution in [2.24, 2.45) is 0 Å². The van der Waals surface area contributed by atoms with Gasteiger partial charge < -0.3 is 19.1 Å². The average molecular weight is 408 g/mol. The molecule has 2 N–H and O–H groups in total. The quantitative estimate of drug-likeness (QED) is 0.672. The van der Waals surface area contributed by atoms with E-state index in [-0.39, 0.29) is 10.9 Å². The van der Waals surface area contributed by atoms with Gasteiger partial charge >= 0.3 is 0 Å². The van der Waals surface area contributed by atoms with Crippen LogP contribution in [0.1, 0.15) is 11.6 Å². The van der Waals surface area contributed by atoms with Crippen molar-refractivity contribution >= 4 is 10.0 Å². The molecular weight excluding hydrogens is 380 g/mol. The Morgan fingerprint density at radius 3 is 2.36 bits per heavy atom. The van der Waals surface area contributed by atoms with Crippen LogP contribution in [0.4, 0.5) is 0 Å². The number of hydrogen-bond acceptors (Lipinski definition) is 5. The number of ether oxygens (including phenoxy) is 3. The van der Waals surface area contributed by atoms with E-state index < -0.39 is 10.0 Å². The second-order valence-electron chi connectivity index (χ2n) is 6.67. The zero-order chi connectivity index (χ0) is 20.0. The third-order valence-corrected chi connectivity index (χ3v) is 6.33. The molecule has 0 bridgehead atoms. The highest BCUT2D eigenvalue weighted by Gasteiger charge is 2.27. The fourth-order valence-electron chi connectivity index (χ4n) is 3.30. The van der Waals surface area contributed by atoms with Crippen LogP contribution in [0.3, 0.4) is 0 Å². The summed E-state index contributed by atoms with van der Waals surface area (Å²) in [7, 11) is -0.749. The van der Waals surface area contributed by atoms with Crippen LogP contribution in [0, 0.1) is 0 Å². The van der Waals surface area contributed by atoms with Crippen LogP contribution < -0.4 is 19.1 Å². The van der Waals surface area contributed by atoms with E-state index in [9.17, 15) is 8.42 Å². The van der Waals surface area contributed by atoms with E-state index in [0.29, 0.717) is 31.3 Å². The van der Waals surface area contributed by atoms with Crippen molar-refractivity contribution in [2.75, 3.05) is 47.1 Å². The fraction of sp³-hybridized carbons (Fsp3) is 0.400. The van der Waals surface area contributed by atoms with Crippen molar-refractivity contribution in [1.29, 1.82) is 0 Å². The lowest BCUT2D eigenvalue weighted by Gasteiger charge is -2.28. The van der Waals surface area contributed by atoms with E-state index in [2.05, 4.69) is 4.72 Å². The van der Waals surface area contributed by atoms with Gasteiger partial charge in [0.25, 0.3) is 0 Å². The first-order valence-electron chi connectivity index (χ1n) is 9.24. The topological polar surface area (TPSA) is 78.3 Å². The van der Waals surface area contributed by atoms with Gasteiger partial charge in [-0.2, -0.15) is 4.72 Å². The van der Waals surface area contributed by atoms with Crippen LogP contribution in [-0.2, 0) is 14.8 Å². The average Bonchev–Trinajstić information content (AvgIpc) is 2.74. The molecule has 0 radical (unpaired) electrons. The summed E-state index contributed by atoms with van der Waals surface area (Å²) < 4.78 is 44.9. The standard InChI is InChI=1S/C20H26N2O5S/c1-25-19-9-8-17(14-20(19)26-2)28(23,24)21-18(16-6-4-3-5-7-16)15-22-10-12-27-13-11-22/h3-9,14,18,21H,10-13,15H2,1-2H3/p+1/t18-/m1/s1. The van der Waals surface area contributed by atoms with E-state index in [4.69, 9.17) is 14.2 Å². The monoisotopic (exact) mass is 407 g/mol. The summed E-state index contributed by atoms with van der Waals surface area (Å²) in [5.74, 6) is 0.860. The Morgan fingerprint density at radius 2 is 1.71 bits per heavy atom. The van der Waals surface area contributed by atoms with Gasteiger partial charge in [-0.15, -0.1) is 0 Å². The molecule has 2 aromatic rings. The zero-order valence-electron chi connectivity index (χ0n) is 16.2. The second kappa shape index (κ2) is 9.38. The normalized spacial score (nSPS) is 16.5. The number of quaternary nitrogens is 1. The fourth-order valence-corrected chi connectivity index (χ4v) is 4.54. The molecule has 152 valence electrons. The number of rotatable bonds is 8. The molecule has 0 aromatic heterocycles. The van der Waals surface area contributed by atoms with Gasteiger partial charge in [0.1, 0.15) is 13.1 Å². The van der Waals surface area contributed by atoms with E-state index in [1.165, 1.54) is 31.3 Å². The molecule has 1 saturated heterocycles. The largest absolute Gasteiger partial charge is 0.493 e. The zero-order valence-corrected chi connectivity index (χ0v) is 17.0. The Morgan fingerprint density at radius 1 is 1.04 bits per heavy atom. The maximum atomic E-state index is 13.1. The van der Waals surface area contributed by atoms with E-state index in [0.717, 1.165) is 18.7 Å². The Labute approximate surface area is 166 Å². The van der Waals surface area contributed by atoms with Gasteiger partial charge in [-0.1, -0.05) is 30.3 Å². The van der Waals surface area contributed by atoms with Crippen LogP contribution in [0.25, 0.3) is 0 Å². The summed E-state index contributed by atoms with van der Waals surface area (Å²) in [4.78, 5) is 1.46. The molecule has 0 unspecified atom stereocenters. The van der Waals surface area contributed by atoms with Crippen molar-refractivity contribution in [3.63, 3.8) is 0 Å². The maximum absolute atomic E-state index is 13.1. The summed E-state index contributed by atoms with van der Waals surface area (Å²) in [6.07, 6.45) is 0. The number of methoxy groups -OCH3 is 2. The van der Waals surface area contributed by atoms with Gasteiger partial charge in [0.05, 0.1) is 44.9 Å². The summed E-state index contributed by atoms with van der Waals surface area (Å²) >= 11 is 0. The molecule has 3 rings (SSSR count). The minimum atomic E-state index is -3.75. The van der Waals surface area contributed by atoms with Crippen LogP contribution >= 0.6 is 0 Å². The van der Waals surface area contributed by atoms with Crippen molar-refractivity contribution in [3.8, 4) is 11.5 Å². The molecule has 8 heteroatoms. The summed E-state index contributed by atoms with van der Waals surface area (Å²) in [6.45, 7) is 3.77. The van der Waals surface area contributed by atoms with Gasteiger partial charge in [-0.25, -0.2) is 8.42 Å². The summed E-state index contributed by atoms with van der Waals surface area (Å²) in [5.41, 5.74) is 0.936. The Kier molecular flexibility index (Phi) is 6.90. The first kappa shape index (κ1) is 20.6. The Balaban J connectivity index is 1.86. The van der Waals surface area contributed by atoms with Gasteiger partial charge in [-0.05, 0) is 17.7 Å². The van der Waals surface area contributed by atoms with Crippen LogP contribution in [-0.4, -0.2) is 55.5 Å². The van der Waals surface area contributed by atoms with Crippen LogP contribution in [0.5, 0.6) is 11.5 Å². The highest BCUT2D eigenvalue weighted by atomic mass is 32.2. The SMILES string of the molecule is COc1ccc(S(=O)(=O)N[C@H](C[NH+]2CCOCC2)c2ccccc2)cc1OC. The highest BCUT2D eigenvalue weighted by Crippen LogP contribution is 2.29. The number of nitrogens with one attached hydrogen (secondary N) is 2. The number of morpholine rings is 1. The molecule has 1 heterocycles. The molecule has 0 amide bonds. The first-order valence-corrected chi connectivity index (χ1v) is 10.7. The Bertz CT molecular complexity index is 867. The lowest BCUT2D eigenvalue weighted by Crippen LogP contribution is -3.14. The van der Waals surface area contributed by atoms with Crippen LogP contribution in [0.15, 0.2) is 53.4 Å². The lowest BCUT2D eigenvalue weighted by molar-refractivity contribution is -0.909. The molecule has 0 aliphatic carbocycles. The van der Waals surface area contributed by atoms with Crippen molar-refractivity contribution in [3.05, 3.63) is 54.1 Å². The lowest BCUT2D eigenvalue weighted by atomic mass is 10.1. The van der Waals surface area contributed by atoms with Gasteiger partial charge in [-0.3, -0.25) is 0 Å². The highest BCUT2D eigenvalue weighted by molar-refractivity contribution is 7.89. The number of sulfonamides is 1. The van der Waals surface area contributed by atoms with Crippen molar-refractivity contribution in [1.82, 2.24) is 4.72 Å². The van der Waals surface area contributed by atoms with Crippen molar-refractivity contribution < 1.29 is 27.5 Å². The molecule has 2 aromatic carbocycles. The smallest absolute Gasteiger partial charge is 0.241 e.